The summed E-state index contributed by atoms with van der Waals surface area (Å²) in [6.45, 7) is 1.86. The summed E-state index contributed by atoms with van der Waals surface area (Å²) in [6.07, 6.45) is 9.42. The van der Waals surface area contributed by atoms with Crippen molar-refractivity contribution in [2.45, 2.75) is 44.6 Å². The molecule has 3 aliphatic rings. The maximum atomic E-state index is 13.4. The van der Waals surface area contributed by atoms with Crippen LogP contribution in [0.2, 0.25) is 5.02 Å². The van der Waals surface area contributed by atoms with E-state index in [4.69, 9.17) is 16.3 Å². The van der Waals surface area contributed by atoms with Gasteiger partial charge in [-0.1, -0.05) is 30.7 Å². The van der Waals surface area contributed by atoms with Crippen molar-refractivity contribution >= 4 is 29.4 Å². The molecule has 1 heterocycles. The van der Waals surface area contributed by atoms with Crippen LogP contribution in [-0.4, -0.2) is 28.8 Å². The zero-order valence-corrected chi connectivity index (χ0v) is 18.0. The Morgan fingerprint density at radius 1 is 1.26 bits per heavy atom. The van der Waals surface area contributed by atoms with Gasteiger partial charge in [0.15, 0.2) is 12.4 Å². The summed E-state index contributed by atoms with van der Waals surface area (Å²) >= 11 is 5.64. The van der Waals surface area contributed by atoms with E-state index in [0.717, 1.165) is 37.3 Å². The third-order valence-corrected chi connectivity index (χ3v) is 6.26. The summed E-state index contributed by atoms with van der Waals surface area (Å²) in [4.78, 5) is 29.2. The van der Waals surface area contributed by atoms with E-state index in [9.17, 15) is 14.0 Å². The van der Waals surface area contributed by atoms with Crippen molar-refractivity contribution in [3.63, 3.8) is 0 Å². The Hall–Kier alpha value is -2.73. The first-order chi connectivity index (χ1) is 14.8. The lowest BCUT2D eigenvalue weighted by Crippen LogP contribution is -2.75. The number of allylic oxidation sites excluding steroid dienone is 1. The zero-order valence-electron chi connectivity index (χ0n) is 17.3. The van der Waals surface area contributed by atoms with E-state index in [1.807, 2.05) is 24.3 Å². The van der Waals surface area contributed by atoms with Crippen LogP contribution in [0.1, 0.15) is 55.1 Å². The van der Waals surface area contributed by atoms with Gasteiger partial charge in [0.25, 0.3) is 5.91 Å². The highest BCUT2D eigenvalue weighted by Crippen LogP contribution is 2.69. The smallest absolute Gasteiger partial charge is 0.258 e. The molecule has 0 atom stereocenters. The standard InChI is InChI=1S/C24H24ClFN2O3/c1-2-3-4-16-7-8-27-20(9-16)21(29)11-23-13-24(14-23,15-23)28-22(30)12-31-17-5-6-18(25)19(26)10-17/h3-10H,2,11-15H2,1H3,(H,28,30)/b4-3+. The van der Waals surface area contributed by atoms with Gasteiger partial charge in [0.1, 0.15) is 17.3 Å². The first kappa shape index (κ1) is 21.5. The number of carbonyl (C=O) groups is 2. The van der Waals surface area contributed by atoms with E-state index in [1.54, 1.807) is 6.20 Å². The lowest BCUT2D eigenvalue weighted by atomic mass is 9.38. The van der Waals surface area contributed by atoms with Crippen LogP contribution in [0.3, 0.4) is 0 Å². The minimum Gasteiger partial charge on any atom is -0.484 e. The van der Waals surface area contributed by atoms with Crippen LogP contribution in [0.5, 0.6) is 5.75 Å². The number of hydrogen-bond acceptors (Lipinski definition) is 4. The Labute approximate surface area is 185 Å². The quantitative estimate of drug-likeness (QED) is 0.555. The van der Waals surface area contributed by atoms with E-state index in [0.29, 0.717) is 12.1 Å². The van der Waals surface area contributed by atoms with Crippen molar-refractivity contribution in [3.05, 3.63) is 64.7 Å². The molecule has 5 nitrogen and oxygen atoms in total. The average Bonchev–Trinajstić information content (AvgIpc) is 2.70. The van der Waals surface area contributed by atoms with E-state index < -0.39 is 5.82 Å². The van der Waals surface area contributed by atoms with Gasteiger partial charge < -0.3 is 10.1 Å². The second kappa shape index (κ2) is 8.42. The third-order valence-electron chi connectivity index (χ3n) is 5.96. The Morgan fingerprint density at radius 2 is 2.03 bits per heavy atom. The SMILES string of the molecule is CC/C=C/c1ccnc(C(=O)CC23CC(NC(=O)COc4ccc(Cl)c(F)c4)(C2)C3)c1. The van der Waals surface area contributed by atoms with Crippen LogP contribution in [0.15, 0.2) is 42.6 Å². The van der Waals surface area contributed by atoms with Gasteiger partial charge in [-0.2, -0.15) is 0 Å². The van der Waals surface area contributed by atoms with E-state index in [1.165, 1.54) is 12.1 Å². The summed E-state index contributed by atoms with van der Waals surface area (Å²) in [5, 5.41) is 3.01. The summed E-state index contributed by atoms with van der Waals surface area (Å²) in [5.41, 5.74) is 1.18. The van der Waals surface area contributed by atoms with Crippen molar-refractivity contribution in [1.29, 1.82) is 0 Å². The molecular formula is C24H24ClFN2O3. The number of aromatic nitrogens is 1. The molecule has 1 aromatic heterocycles. The maximum Gasteiger partial charge on any atom is 0.258 e. The second-order valence-corrected chi connectivity index (χ2v) is 9.02. The highest BCUT2D eigenvalue weighted by atomic mass is 35.5. The number of carbonyl (C=O) groups excluding carboxylic acids is 2. The molecule has 0 spiro atoms. The molecule has 5 rings (SSSR count). The number of ketones is 1. The average molecular weight is 443 g/mol. The Bertz CT molecular complexity index is 1030. The van der Waals surface area contributed by atoms with Crippen LogP contribution < -0.4 is 10.1 Å². The molecule has 2 aromatic rings. The molecule has 1 N–H and O–H groups in total. The summed E-state index contributed by atoms with van der Waals surface area (Å²) in [6, 6.07) is 7.76. The molecule has 2 bridgehead atoms. The molecule has 1 amide bonds. The molecule has 1 aromatic carbocycles. The molecule has 0 saturated heterocycles. The third kappa shape index (κ3) is 4.64. The Kier molecular flexibility index (Phi) is 5.84. The lowest BCUT2D eigenvalue weighted by Gasteiger charge is -2.70. The number of benzene rings is 1. The first-order valence-corrected chi connectivity index (χ1v) is 10.7. The van der Waals surface area contributed by atoms with Gasteiger partial charge in [-0.25, -0.2) is 4.39 Å². The fraction of sp³-hybridized carbons (Fsp3) is 0.375. The molecule has 0 aliphatic heterocycles. The Balaban J connectivity index is 1.25. The summed E-state index contributed by atoms with van der Waals surface area (Å²) in [7, 11) is 0. The van der Waals surface area contributed by atoms with Crippen molar-refractivity contribution in [2.75, 3.05) is 6.61 Å². The van der Waals surface area contributed by atoms with Crippen LogP contribution in [0.4, 0.5) is 4.39 Å². The monoisotopic (exact) mass is 442 g/mol. The number of halogens is 2. The van der Waals surface area contributed by atoms with Crippen molar-refractivity contribution < 1.29 is 18.7 Å². The zero-order chi connectivity index (χ0) is 22.1. The van der Waals surface area contributed by atoms with Gasteiger partial charge in [-0.15, -0.1) is 0 Å². The predicted molar refractivity (Wildman–Crippen MR) is 117 cm³/mol. The van der Waals surface area contributed by atoms with Crippen molar-refractivity contribution in [3.8, 4) is 5.75 Å². The molecule has 0 radical (unpaired) electrons. The van der Waals surface area contributed by atoms with Gasteiger partial charge in [-0.3, -0.25) is 14.6 Å². The number of ether oxygens (including phenoxy) is 1. The van der Waals surface area contributed by atoms with Gasteiger partial charge in [-0.05, 0) is 60.9 Å². The molecule has 3 saturated carbocycles. The van der Waals surface area contributed by atoms with E-state index in [-0.39, 0.29) is 40.0 Å². The number of nitrogens with zero attached hydrogens (tertiary/aromatic N) is 1. The van der Waals surface area contributed by atoms with Crippen LogP contribution in [-0.2, 0) is 4.79 Å². The summed E-state index contributed by atoms with van der Waals surface area (Å²) < 4.78 is 18.8. The normalized spacial score (nSPS) is 23.7. The van der Waals surface area contributed by atoms with Crippen molar-refractivity contribution in [2.24, 2.45) is 5.41 Å². The highest BCUT2D eigenvalue weighted by molar-refractivity contribution is 6.30. The number of Topliss-reactive ketones (excluding diaryl/α,β-unsaturated/α-hetero) is 1. The number of pyridine rings is 1. The number of amides is 1. The fourth-order valence-electron chi connectivity index (χ4n) is 4.75. The molecule has 0 unspecified atom stereocenters. The largest absolute Gasteiger partial charge is 0.484 e. The van der Waals surface area contributed by atoms with Crippen LogP contribution in [0, 0.1) is 11.2 Å². The summed E-state index contributed by atoms with van der Waals surface area (Å²) in [5.74, 6) is -0.557. The molecule has 162 valence electrons. The molecule has 3 fully saturated rings. The topological polar surface area (TPSA) is 68.3 Å². The van der Waals surface area contributed by atoms with Crippen molar-refractivity contribution in [1.82, 2.24) is 10.3 Å². The number of nitrogens with one attached hydrogen (secondary N) is 1. The van der Waals surface area contributed by atoms with Gasteiger partial charge in [0, 0.05) is 24.2 Å². The minimum absolute atomic E-state index is 0.00450. The van der Waals surface area contributed by atoms with Gasteiger partial charge in [0.05, 0.1) is 5.02 Å². The molecule has 7 heteroatoms. The highest BCUT2D eigenvalue weighted by Gasteiger charge is 2.68. The first-order valence-electron chi connectivity index (χ1n) is 10.4. The fourth-order valence-corrected chi connectivity index (χ4v) is 4.87. The van der Waals surface area contributed by atoms with E-state index >= 15 is 0 Å². The van der Waals surface area contributed by atoms with E-state index in [2.05, 4.69) is 17.2 Å². The Morgan fingerprint density at radius 3 is 2.74 bits per heavy atom. The predicted octanol–water partition coefficient (Wildman–Crippen LogP) is 4.99. The molecule has 31 heavy (non-hydrogen) atoms. The van der Waals surface area contributed by atoms with Crippen LogP contribution >= 0.6 is 11.6 Å². The van der Waals surface area contributed by atoms with Gasteiger partial charge >= 0.3 is 0 Å². The molecule has 3 aliphatic carbocycles. The minimum atomic E-state index is -0.591. The molecular weight excluding hydrogens is 419 g/mol. The van der Waals surface area contributed by atoms with Gasteiger partial charge in [0.2, 0.25) is 0 Å². The number of rotatable bonds is 9. The maximum absolute atomic E-state index is 13.4. The number of hydrogen-bond donors (Lipinski definition) is 1. The second-order valence-electron chi connectivity index (χ2n) is 8.61. The lowest BCUT2D eigenvalue weighted by molar-refractivity contribution is -0.164. The van der Waals surface area contributed by atoms with Crippen LogP contribution in [0.25, 0.3) is 6.08 Å².